The van der Waals surface area contributed by atoms with Crippen LogP contribution in [0.4, 0.5) is 9.59 Å². The summed E-state index contributed by atoms with van der Waals surface area (Å²) < 4.78 is 16.0. The minimum absolute atomic E-state index is 0.163. The highest BCUT2D eigenvalue weighted by atomic mass is 16.6. The largest absolute Gasteiger partial charge is 0.461 e. The van der Waals surface area contributed by atoms with Gasteiger partial charge in [-0.2, -0.15) is 0 Å². The number of amides is 2. The number of ether oxygens (including phenoxy) is 3. The zero-order valence-corrected chi connectivity index (χ0v) is 17.5. The summed E-state index contributed by atoms with van der Waals surface area (Å²) in [4.78, 5) is 37.6. The highest BCUT2D eigenvalue weighted by molar-refractivity contribution is 5.69. The lowest BCUT2D eigenvalue weighted by Crippen LogP contribution is -2.41. The van der Waals surface area contributed by atoms with Gasteiger partial charge >= 0.3 is 18.2 Å². The Labute approximate surface area is 171 Å². The van der Waals surface area contributed by atoms with Crippen molar-refractivity contribution in [2.45, 2.75) is 64.9 Å². The lowest BCUT2D eigenvalue weighted by atomic mass is 10.1. The third-order valence-corrected chi connectivity index (χ3v) is 4.24. The molecule has 0 unspecified atom stereocenters. The molecule has 1 aromatic rings. The monoisotopic (exact) mass is 406 g/mol. The Morgan fingerprint density at radius 3 is 2.48 bits per heavy atom. The van der Waals surface area contributed by atoms with Crippen molar-refractivity contribution in [2.75, 3.05) is 13.1 Å². The van der Waals surface area contributed by atoms with E-state index >= 15 is 0 Å². The van der Waals surface area contributed by atoms with E-state index in [0.717, 1.165) is 5.56 Å². The second-order valence-electron chi connectivity index (χ2n) is 8.09. The van der Waals surface area contributed by atoms with Crippen LogP contribution in [0.25, 0.3) is 0 Å². The second-order valence-corrected chi connectivity index (χ2v) is 8.09. The molecule has 1 heterocycles. The molecule has 8 heteroatoms. The minimum atomic E-state index is -0.626. The van der Waals surface area contributed by atoms with Crippen molar-refractivity contribution < 1.29 is 28.6 Å². The fourth-order valence-electron chi connectivity index (χ4n) is 3.03. The van der Waals surface area contributed by atoms with Gasteiger partial charge in [0.15, 0.2) is 0 Å². The Hall–Kier alpha value is -2.77. The third-order valence-electron chi connectivity index (χ3n) is 4.24. The molecule has 2 rings (SSSR count). The second kappa shape index (κ2) is 10.1. The first-order valence-corrected chi connectivity index (χ1v) is 9.75. The van der Waals surface area contributed by atoms with Crippen molar-refractivity contribution in [1.82, 2.24) is 10.2 Å². The predicted molar refractivity (Wildman–Crippen MR) is 106 cm³/mol. The SMILES string of the molecule is CC(=O)O[C@@H]1C[C@H](NC(=O)OCc2ccccc2)CCN(C(=O)OC(C)(C)C)C1. The van der Waals surface area contributed by atoms with Crippen LogP contribution in [0, 0.1) is 0 Å². The van der Waals surface area contributed by atoms with Gasteiger partial charge in [-0.25, -0.2) is 9.59 Å². The van der Waals surface area contributed by atoms with Gasteiger partial charge in [-0.15, -0.1) is 0 Å². The number of hydrogen-bond donors (Lipinski definition) is 1. The number of carbonyl (C=O) groups excluding carboxylic acids is 3. The summed E-state index contributed by atoms with van der Waals surface area (Å²) in [5.74, 6) is -0.438. The normalized spacial score (nSPS) is 19.7. The van der Waals surface area contributed by atoms with E-state index in [-0.39, 0.29) is 19.2 Å². The molecule has 2 atom stereocenters. The number of rotatable bonds is 4. The molecule has 8 nitrogen and oxygen atoms in total. The molecular weight excluding hydrogens is 376 g/mol. The molecule has 0 saturated carbocycles. The molecule has 160 valence electrons. The van der Waals surface area contributed by atoms with Gasteiger partial charge in [0.25, 0.3) is 0 Å². The number of alkyl carbamates (subject to hydrolysis) is 1. The Morgan fingerprint density at radius 1 is 1.17 bits per heavy atom. The first-order chi connectivity index (χ1) is 13.6. The van der Waals surface area contributed by atoms with Gasteiger partial charge in [-0.3, -0.25) is 4.79 Å². The molecule has 1 aliphatic rings. The lowest BCUT2D eigenvalue weighted by Gasteiger charge is -2.28. The molecule has 0 aromatic heterocycles. The summed E-state index contributed by atoms with van der Waals surface area (Å²) >= 11 is 0. The van der Waals surface area contributed by atoms with E-state index in [1.165, 1.54) is 11.8 Å². The Kier molecular flexibility index (Phi) is 7.87. The lowest BCUT2D eigenvalue weighted by molar-refractivity contribution is -0.147. The Balaban J connectivity index is 1.95. The topological polar surface area (TPSA) is 94.2 Å². The van der Waals surface area contributed by atoms with E-state index in [9.17, 15) is 14.4 Å². The number of likely N-dealkylation sites (tertiary alicyclic amines) is 1. The van der Waals surface area contributed by atoms with Crippen LogP contribution >= 0.6 is 0 Å². The molecule has 0 bridgehead atoms. The average Bonchev–Trinajstić information content (AvgIpc) is 2.81. The van der Waals surface area contributed by atoms with Crippen molar-refractivity contribution >= 4 is 18.2 Å². The zero-order valence-electron chi connectivity index (χ0n) is 17.5. The summed E-state index contributed by atoms with van der Waals surface area (Å²) in [7, 11) is 0. The average molecular weight is 406 g/mol. The molecule has 1 fully saturated rings. The van der Waals surface area contributed by atoms with E-state index in [4.69, 9.17) is 14.2 Å². The van der Waals surface area contributed by atoms with Gasteiger partial charge in [-0.05, 0) is 32.8 Å². The third kappa shape index (κ3) is 8.41. The number of esters is 1. The van der Waals surface area contributed by atoms with Crippen molar-refractivity contribution in [3.05, 3.63) is 35.9 Å². The van der Waals surface area contributed by atoms with Gasteiger partial charge in [0.2, 0.25) is 0 Å². The van der Waals surface area contributed by atoms with E-state index in [1.807, 2.05) is 30.3 Å². The number of nitrogens with zero attached hydrogens (tertiary/aromatic N) is 1. The van der Waals surface area contributed by atoms with Crippen LogP contribution in [0.3, 0.4) is 0 Å². The van der Waals surface area contributed by atoms with E-state index in [1.54, 1.807) is 20.8 Å². The van der Waals surface area contributed by atoms with Crippen LogP contribution in [0.2, 0.25) is 0 Å². The van der Waals surface area contributed by atoms with Crippen LogP contribution in [-0.4, -0.2) is 53.9 Å². The van der Waals surface area contributed by atoms with Gasteiger partial charge < -0.3 is 24.4 Å². The molecule has 29 heavy (non-hydrogen) atoms. The summed E-state index contributed by atoms with van der Waals surface area (Å²) in [6, 6.07) is 9.08. The molecule has 0 radical (unpaired) electrons. The zero-order chi connectivity index (χ0) is 21.4. The maximum Gasteiger partial charge on any atom is 0.410 e. The van der Waals surface area contributed by atoms with Gasteiger partial charge in [0.1, 0.15) is 18.3 Å². The molecule has 2 amide bonds. The van der Waals surface area contributed by atoms with Crippen molar-refractivity contribution in [1.29, 1.82) is 0 Å². The van der Waals surface area contributed by atoms with E-state index in [0.29, 0.717) is 19.4 Å². The number of benzene rings is 1. The fraction of sp³-hybridized carbons (Fsp3) is 0.571. The van der Waals surface area contributed by atoms with Gasteiger partial charge in [-0.1, -0.05) is 30.3 Å². The van der Waals surface area contributed by atoms with Crippen LogP contribution in [-0.2, 0) is 25.6 Å². The molecule has 0 spiro atoms. The van der Waals surface area contributed by atoms with Gasteiger partial charge in [0, 0.05) is 25.9 Å². The van der Waals surface area contributed by atoms with Gasteiger partial charge in [0.05, 0.1) is 6.54 Å². The van der Waals surface area contributed by atoms with Crippen molar-refractivity contribution in [2.24, 2.45) is 0 Å². The van der Waals surface area contributed by atoms with E-state index < -0.39 is 29.9 Å². The summed E-state index contributed by atoms with van der Waals surface area (Å²) in [5, 5.41) is 2.81. The number of nitrogens with one attached hydrogen (secondary N) is 1. The Bertz CT molecular complexity index is 701. The first kappa shape index (κ1) is 22.5. The molecule has 1 aliphatic heterocycles. The minimum Gasteiger partial charge on any atom is -0.461 e. The Morgan fingerprint density at radius 2 is 1.86 bits per heavy atom. The maximum absolute atomic E-state index is 12.4. The molecule has 1 aromatic carbocycles. The molecule has 1 saturated heterocycles. The van der Waals surface area contributed by atoms with Crippen LogP contribution in [0.15, 0.2) is 30.3 Å². The molecule has 1 N–H and O–H groups in total. The molecular formula is C21H30N2O6. The van der Waals surface area contributed by atoms with Crippen LogP contribution in [0.1, 0.15) is 46.1 Å². The van der Waals surface area contributed by atoms with Crippen molar-refractivity contribution in [3.8, 4) is 0 Å². The van der Waals surface area contributed by atoms with Crippen LogP contribution < -0.4 is 5.32 Å². The van der Waals surface area contributed by atoms with Crippen molar-refractivity contribution in [3.63, 3.8) is 0 Å². The smallest absolute Gasteiger partial charge is 0.410 e. The highest BCUT2D eigenvalue weighted by Gasteiger charge is 2.32. The van der Waals surface area contributed by atoms with E-state index in [2.05, 4.69) is 5.32 Å². The fourth-order valence-corrected chi connectivity index (χ4v) is 3.03. The number of hydrogen-bond acceptors (Lipinski definition) is 6. The summed E-state index contributed by atoms with van der Waals surface area (Å²) in [6.07, 6.45) is -0.674. The number of carbonyl (C=O) groups is 3. The quantitative estimate of drug-likeness (QED) is 0.609. The van der Waals surface area contributed by atoms with Crippen LogP contribution in [0.5, 0.6) is 0 Å². The first-order valence-electron chi connectivity index (χ1n) is 9.75. The predicted octanol–water partition coefficient (Wildman–Crippen LogP) is 3.24. The molecule has 0 aliphatic carbocycles. The standard InChI is InChI=1S/C21H30N2O6/c1-15(24)28-18-12-17(10-11-23(13-18)20(26)29-21(2,3)4)22-19(25)27-14-16-8-6-5-7-9-16/h5-9,17-18H,10-14H2,1-4H3,(H,22,25)/t17-,18-/m1/s1. The summed E-state index contributed by atoms with van der Waals surface area (Å²) in [6.45, 7) is 7.44. The maximum atomic E-state index is 12.4. The summed E-state index contributed by atoms with van der Waals surface area (Å²) in [5.41, 5.74) is 0.261. The highest BCUT2D eigenvalue weighted by Crippen LogP contribution is 2.18.